The highest BCUT2D eigenvalue weighted by Gasteiger charge is 2.46. The number of carbonyl (C=O) groups is 4. The number of nitrogens with zero attached hydrogens (tertiary/aromatic N) is 2. The minimum absolute atomic E-state index is 0.0433. The van der Waals surface area contributed by atoms with E-state index in [0.29, 0.717) is 30.3 Å². The number of anilines is 1. The number of hydrogen-bond donors (Lipinski definition) is 3. The third kappa shape index (κ3) is 4.45. The van der Waals surface area contributed by atoms with E-state index in [1.165, 1.54) is 5.38 Å². The highest BCUT2D eigenvalue weighted by Crippen LogP contribution is 2.39. The lowest BCUT2D eigenvalue weighted by molar-refractivity contribution is -0.134. The summed E-state index contributed by atoms with van der Waals surface area (Å²) in [5.41, 5.74) is 0.930. The lowest BCUT2D eigenvalue weighted by Gasteiger charge is -2.25. The molecule has 0 aliphatic carbocycles. The number of aromatic nitrogens is 1. The molecule has 0 saturated carbocycles. The first-order valence-electron chi connectivity index (χ1n) is 11.0. The largest absolute Gasteiger partial charge is 0.486 e. The van der Waals surface area contributed by atoms with Crippen molar-refractivity contribution in [3.63, 3.8) is 0 Å². The van der Waals surface area contributed by atoms with Gasteiger partial charge < -0.3 is 25.2 Å². The Bertz CT molecular complexity index is 1340. The smallest absolute Gasteiger partial charge is 0.355 e. The van der Waals surface area contributed by atoms with Crippen LogP contribution in [-0.2, 0) is 16.0 Å². The Morgan fingerprint density at radius 2 is 1.92 bits per heavy atom. The molecule has 2 aliphatic rings. The molecule has 12 heteroatoms. The van der Waals surface area contributed by atoms with E-state index in [2.05, 4.69) is 15.6 Å². The summed E-state index contributed by atoms with van der Waals surface area (Å²) in [5, 5.41) is 15.6. The highest BCUT2D eigenvalue weighted by molar-refractivity contribution is 7.14. The van der Waals surface area contributed by atoms with Crippen LogP contribution in [0.1, 0.15) is 27.7 Å². The Morgan fingerprint density at radius 1 is 1.14 bits per heavy atom. The number of carboxylic acid groups (broad SMARTS) is 1. The van der Waals surface area contributed by atoms with E-state index in [0.717, 1.165) is 21.8 Å². The summed E-state index contributed by atoms with van der Waals surface area (Å²) in [6.45, 7) is 0.668. The highest BCUT2D eigenvalue weighted by atomic mass is 32.1. The molecule has 3 aromatic rings. The quantitative estimate of drug-likeness (QED) is 0.413. The summed E-state index contributed by atoms with van der Waals surface area (Å²) in [5.74, 6) is -1.69. The van der Waals surface area contributed by atoms with Crippen molar-refractivity contribution in [1.82, 2.24) is 15.2 Å². The van der Waals surface area contributed by atoms with Gasteiger partial charge in [-0.25, -0.2) is 19.5 Å². The third-order valence-electron chi connectivity index (χ3n) is 5.72. The van der Waals surface area contributed by atoms with Crippen LogP contribution >= 0.6 is 11.3 Å². The molecule has 3 N–H and O–H groups in total. The summed E-state index contributed by atoms with van der Waals surface area (Å²) in [6.07, 6.45) is 0.0439. The SMILES string of the molecule is O=C(O)c1csc(NC(=O)C(Cc2ccccc2)N2C(=O)NC(c3cccc4c3OCCO4)C2=O)n1. The van der Waals surface area contributed by atoms with Crippen molar-refractivity contribution in [3.05, 3.63) is 70.7 Å². The maximum Gasteiger partial charge on any atom is 0.355 e. The lowest BCUT2D eigenvalue weighted by atomic mass is 10.0. The van der Waals surface area contributed by atoms with Gasteiger partial charge in [0.25, 0.3) is 5.91 Å². The van der Waals surface area contributed by atoms with Crippen LogP contribution in [0.4, 0.5) is 9.93 Å². The van der Waals surface area contributed by atoms with Crippen LogP contribution in [-0.4, -0.2) is 58.1 Å². The number of amides is 4. The average molecular weight is 509 g/mol. The van der Waals surface area contributed by atoms with Gasteiger partial charge in [0.05, 0.1) is 0 Å². The number of para-hydroxylation sites is 1. The molecule has 36 heavy (non-hydrogen) atoms. The minimum Gasteiger partial charge on any atom is -0.486 e. The number of rotatable bonds is 7. The zero-order chi connectivity index (χ0) is 25.2. The van der Waals surface area contributed by atoms with Crippen molar-refractivity contribution in [2.75, 3.05) is 18.5 Å². The second-order valence-corrected chi connectivity index (χ2v) is 8.86. The van der Waals surface area contributed by atoms with Crippen molar-refractivity contribution in [1.29, 1.82) is 0 Å². The number of urea groups is 1. The van der Waals surface area contributed by atoms with Crippen LogP contribution in [0.5, 0.6) is 11.5 Å². The zero-order valence-electron chi connectivity index (χ0n) is 18.7. The fourth-order valence-electron chi connectivity index (χ4n) is 4.08. The Hall–Kier alpha value is -4.45. The normalized spacial score (nSPS) is 17.4. The van der Waals surface area contributed by atoms with Gasteiger partial charge in [0.1, 0.15) is 25.3 Å². The number of carbonyl (C=O) groups excluding carboxylic acids is 3. The van der Waals surface area contributed by atoms with E-state index < -0.39 is 35.9 Å². The first-order valence-corrected chi connectivity index (χ1v) is 11.9. The molecule has 1 aromatic heterocycles. The van der Waals surface area contributed by atoms with Gasteiger partial charge in [-0.2, -0.15) is 0 Å². The van der Waals surface area contributed by atoms with Crippen LogP contribution in [0, 0.1) is 0 Å². The third-order valence-corrected chi connectivity index (χ3v) is 6.48. The molecular formula is C24H20N4O7S. The molecule has 0 radical (unpaired) electrons. The first-order chi connectivity index (χ1) is 17.4. The Balaban J connectivity index is 1.45. The molecule has 2 aromatic carbocycles. The molecule has 4 amide bonds. The van der Waals surface area contributed by atoms with Gasteiger partial charge >= 0.3 is 12.0 Å². The molecule has 184 valence electrons. The van der Waals surface area contributed by atoms with Crippen molar-refractivity contribution in [3.8, 4) is 11.5 Å². The van der Waals surface area contributed by atoms with Gasteiger partial charge in [-0.05, 0) is 11.6 Å². The van der Waals surface area contributed by atoms with Gasteiger partial charge in [0.15, 0.2) is 22.3 Å². The topological polar surface area (TPSA) is 147 Å². The van der Waals surface area contributed by atoms with Gasteiger partial charge in [-0.1, -0.05) is 42.5 Å². The monoisotopic (exact) mass is 508 g/mol. The van der Waals surface area contributed by atoms with Crippen LogP contribution in [0.25, 0.3) is 0 Å². The number of imide groups is 1. The van der Waals surface area contributed by atoms with Gasteiger partial charge in [-0.3, -0.25) is 9.59 Å². The summed E-state index contributed by atoms with van der Waals surface area (Å²) >= 11 is 0.929. The molecular weight excluding hydrogens is 488 g/mol. The molecule has 2 aliphatic heterocycles. The molecule has 11 nitrogen and oxygen atoms in total. The summed E-state index contributed by atoms with van der Waals surface area (Å²) in [7, 11) is 0. The molecule has 0 bridgehead atoms. The van der Waals surface area contributed by atoms with E-state index in [4.69, 9.17) is 14.6 Å². The van der Waals surface area contributed by atoms with E-state index in [1.807, 2.05) is 6.07 Å². The first kappa shape index (κ1) is 23.3. The number of hydrogen-bond acceptors (Lipinski definition) is 8. The molecule has 5 rings (SSSR count). The van der Waals surface area contributed by atoms with Crippen LogP contribution in [0.15, 0.2) is 53.9 Å². The van der Waals surface area contributed by atoms with Crippen LogP contribution in [0.2, 0.25) is 0 Å². The van der Waals surface area contributed by atoms with E-state index in [9.17, 15) is 19.2 Å². The fourth-order valence-corrected chi connectivity index (χ4v) is 4.77. The summed E-state index contributed by atoms with van der Waals surface area (Å²) in [6, 6.07) is 11.0. The molecule has 2 atom stereocenters. The average Bonchev–Trinajstić information content (AvgIpc) is 3.47. The standard InChI is InChI=1S/C24H20N4O7S/c29-20(27-23-25-15(12-36-23)22(31)32)16(11-13-5-2-1-3-6-13)28-21(30)18(26-24(28)33)14-7-4-8-17-19(14)35-10-9-34-17/h1-8,12,16,18H,9-11H2,(H,26,33)(H,31,32)(H,25,27,29). The van der Waals surface area contributed by atoms with E-state index in [1.54, 1.807) is 42.5 Å². The van der Waals surface area contributed by atoms with E-state index in [-0.39, 0.29) is 17.2 Å². The second kappa shape index (κ2) is 9.66. The number of fused-ring (bicyclic) bond motifs is 1. The van der Waals surface area contributed by atoms with Crippen LogP contribution in [0.3, 0.4) is 0 Å². The van der Waals surface area contributed by atoms with Crippen molar-refractivity contribution < 1.29 is 33.8 Å². The molecule has 3 heterocycles. The Kier molecular flexibility index (Phi) is 6.25. The minimum atomic E-state index is -1.23. The molecule has 0 spiro atoms. The lowest BCUT2D eigenvalue weighted by Crippen LogP contribution is -2.49. The second-order valence-electron chi connectivity index (χ2n) is 8.00. The summed E-state index contributed by atoms with van der Waals surface area (Å²) in [4.78, 5) is 55.9. The Labute approximate surface area is 208 Å². The molecule has 1 fully saturated rings. The van der Waals surface area contributed by atoms with Gasteiger partial charge in [-0.15, -0.1) is 11.3 Å². The summed E-state index contributed by atoms with van der Waals surface area (Å²) < 4.78 is 11.3. The maximum absolute atomic E-state index is 13.6. The van der Waals surface area contributed by atoms with Gasteiger partial charge in [0.2, 0.25) is 5.91 Å². The predicted molar refractivity (Wildman–Crippen MR) is 127 cm³/mol. The van der Waals surface area contributed by atoms with Crippen LogP contribution < -0.4 is 20.1 Å². The fraction of sp³-hybridized carbons (Fsp3) is 0.208. The predicted octanol–water partition coefficient (Wildman–Crippen LogP) is 2.46. The molecule has 1 saturated heterocycles. The number of benzene rings is 2. The number of carboxylic acids is 1. The Morgan fingerprint density at radius 3 is 2.67 bits per heavy atom. The number of aromatic carboxylic acids is 1. The van der Waals surface area contributed by atoms with Gasteiger partial charge in [0, 0.05) is 17.4 Å². The maximum atomic E-state index is 13.6. The van der Waals surface area contributed by atoms with E-state index >= 15 is 0 Å². The zero-order valence-corrected chi connectivity index (χ0v) is 19.5. The number of nitrogens with one attached hydrogen (secondary N) is 2. The van der Waals surface area contributed by atoms with Crippen molar-refractivity contribution in [2.24, 2.45) is 0 Å². The van der Waals surface area contributed by atoms with Crippen molar-refractivity contribution >= 4 is 40.3 Å². The van der Waals surface area contributed by atoms with Crippen molar-refractivity contribution in [2.45, 2.75) is 18.5 Å². The molecule has 2 unspecified atom stereocenters. The number of thiazole rings is 1. The number of ether oxygens (including phenoxy) is 2.